The summed E-state index contributed by atoms with van der Waals surface area (Å²) in [6.45, 7) is 7.20. The van der Waals surface area contributed by atoms with Gasteiger partial charge in [-0.1, -0.05) is 30.7 Å². The molecule has 0 aliphatic rings. The fraction of sp³-hybridized carbons (Fsp3) is 0.368. The number of carbonyl (C=O) groups excluding carboxylic acids is 2. The SMILES string of the molecule is CCN(CC(=O)NCc1cccs1)CC(=O)Nc1c(C)cc(C)cc1Cl. The Kier molecular flexibility index (Phi) is 7.63. The first-order chi connectivity index (χ1) is 12.4. The Morgan fingerprint density at radius 1 is 1.19 bits per heavy atom. The van der Waals surface area contributed by atoms with Gasteiger partial charge in [0.1, 0.15) is 0 Å². The molecule has 2 rings (SSSR count). The number of nitrogens with zero attached hydrogens (tertiary/aromatic N) is 1. The number of amides is 2. The lowest BCUT2D eigenvalue weighted by Gasteiger charge is -2.20. The second-order valence-corrected chi connectivity index (χ2v) is 7.59. The van der Waals surface area contributed by atoms with Crippen LogP contribution in [0.4, 0.5) is 5.69 Å². The van der Waals surface area contributed by atoms with E-state index in [9.17, 15) is 9.59 Å². The van der Waals surface area contributed by atoms with E-state index in [1.54, 1.807) is 16.2 Å². The number of nitrogens with one attached hydrogen (secondary N) is 2. The molecule has 2 aromatic rings. The molecule has 5 nitrogen and oxygen atoms in total. The highest BCUT2D eigenvalue weighted by Crippen LogP contribution is 2.27. The fourth-order valence-corrected chi connectivity index (χ4v) is 3.61. The van der Waals surface area contributed by atoms with Gasteiger partial charge < -0.3 is 10.6 Å². The number of thiophene rings is 1. The molecule has 1 heterocycles. The molecule has 7 heteroatoms. The highest BCUT2D eigenvalue weighted by Gasteiger charge is 2.15. The Morgan fingerprint density at radius 3 is 2.54 bits per heavy atom. The smallest absolute Gasteiger partial charge is 0.238 e. The number of anilines is 1. The summed E-state index contributed by atoms with van der Waals surface area (Å²) in [5, 5.41) is 8.23. The van der Waals surface area contributed by atoms with E-state index in [1.807, 2.05) is 50.4 Å². The van der Waals surface area contributed by atoms with Crippen molar-refractivity contribution in [1.29, 1.82) is 0 Å². The Hall–Kier alpha value is -1.89. The molecular formula is C19H24ClN3O2S. The van der Waals surface area contributed by atoms with Crippen molar-refractivity contribution in [2.75, 3.05) is 25.0 Å². The number of benzene rings is 1. The summed E-state index contributed by atoms with van der Waals surface area (Å²) in [7, 11) is 0. The summed E-state index contributed by atoms with van der Waals surface area (Å²) in [4.78, 5) is 27.3. The van der Waals surface area contributed by atoms with Gasteiger partial charge in [0, 0.05) is 4.88 Å². The zero-order chi connectivity index (χ0) is 19.1. The summed E-state index contributed by atoms with van der Waals surface area (Å²) in [5.74, 6) is -0.288. The van der Waals surface area contributed by atoms with Gasteiger partial charge in [-0.25, -0.2) is 0 Å². The molecule has 0 aliphatic heterocycles. The molecule has 0 spiro atoms. The van der Waals surface area contributed by atoms with Crippen molar-refractivity contribution in [2.24, 2.45) is 0 Å². The second kappa shape index (κ2) is 9.71. The topological polar surface area (TPSA) is 61.4 Å². The van der Waals surface area contributed by atoms with Crippen LogP contribution in [0.25, 0.3) is 0 Å². The molecule has 0 aliphatic carbocycles. The third-order valence-electron chi connectivity index (χ3n) is 3.92. The molecule has 0 saturated carbocycles. The van der Waals surface area contributed by atoms with Crippen molar-refractivity contribution in [3.63, 3.8) is 0 Å². The first-order valence-corrected chi connectivity index (χ1v) is 9.72. The molecular weight excluding hydrogens is 370 g/mol. The third-order valence-corrected chi connectivity index (χ3v) is 5.09. The van der Waals surface area contributed by atoms with E-state index < -0.39 is 0 Å². The molecule has 140 valence electrons. The average molecular weight is 394 g/mol. The average Bonchev–Trinajstić information content (AvgIpc) is 3.09. The molecule has 0 atom stereocenters. The van der Waals surface area contributed by atoms with E-state index in [1.165, 1.54) is 0 Å². The molecule has 1 aromatic heterocycles. The van der Waals surface area contributed by atoms with Crippen molar-refractivity contribution >= 4 is 40.4 Å². The minimum absolute atomic E-state index is 0.0994. The standard InChI is InChI=1S/C19H24ClN3O2S/c1-4-23(11-17(24)21-10-15-6-5-7-26-15)12-18(25)22-19-14(3)8-13(2)9-16(19)20/h5-9H,4,10-12H2,1-3H3,(H,21,24)(H,22,25). The Labute approximate surface area is 163 Å². The van der Waals surface area contributed by atoms with E-state index in [0.29, 0.717) is 23.8 Å². The van der Waals surface area contributed by atoms with Crippen LogP contribution in [0.15, 0.2) is 29.6 Å². The lowest BCUT2D eigenvalue weighted by Crippen LogP contribution is -2.40. The number of hydrogen-bond donors (Lipinski definition) is 2. The summed E-state index contributed by atoms with van der Waals surface area (Å²) in [6, 6.07) is 7.72. The summed E-state index contributed by atoms with van der Waals surface area (Å²) >= 11 is 7.83. The van der Waals surface area contributed by atoms with Crippen LogP contribution >= 0.6 is 22.9 Å². The van der Waals surface area contributed by atoms with Crippen LogP contribution in [0.2, 0.25) is 5.02 Å². The highest BCUT2D eigenvalue weighted by atomic mass is 35.5. The number of rotatable bonds is 8. The first kappa shape index (κ1) is 20.4. The molecule has 0 saturated heterocycles. The summed E-state index contributed by atoms with van der Waals surface area (Å²) in [6.07, 6.45) is 0. The molecule has 0 radical (unpaired) electrons. The second-order valence-electron chi connectivity index (χ2n) is 6.15. The number of halogens is 1. The number of carbonyl (C=O) groups is 2. The number of likely N-dealkylation sites (N-methyl/N-ethyl adjacent to an activating group) is 1. The maximum atomic E-state index is 12.4. The molecule has 26 heavy (non-hydrogen) atoms. The molecule has 0 bridgehead atoms. The molecule has 2 N–H and O–H groups in total. The summed E-state index contributed by atoms with van der Waals surface area (Å²) < 4.78 is 0. The van der Waals surface area contributed by atoms with Crippen LogP contribution in [0.3, 0.4) is 0 Å². The van der Waals surface area contributed by atoms with Gasteiger partial charge in [-0.05, 0) is 49.0 Å². The van der Waals surface area contributed by atoms with Crippen molar-refractivity contribution < 1.29 is 9.59 Å². The molecule has 0 unspecified atom stereocenters. The number of aryl methyl sites for hydroxylation is 2. The minimum atomic E-state index is -0.188. The van der Waals surface area contributed by atoms with Gasteiger partial charge in [0.15, 0.2) is 0 Å². The van der Waals surface area contributed by atoms with Gasteiger partial charge in [0.25, 0.3) is 0 Å². The zero-order valence-electron chi connectivity index (χ0n) is 15.3. The van der Waals surface area contributed by atoms with Crippen molar-refractivity contribution in [3.8, 4) is 0 Å². The minimum Gasteiger partial charge on any atom is -0.350 e. The number of hydrogen-bond acceptors (Lipinski definition) is 4. The Balaban J connectivity index is 1.86. The van der Waals surface area contributed by atoms with Crippen molar-refractivity contribution in [2.45, 2.75) is 27.3 Å². The monoisotopic (exact) mass is 393 g/mol. The van der Waals surface area contributed by atoms with E-state index >= 15 is 0 Å². The predicted molar refractivity (Wildman–Crippen MR) is 108 cm³/mol. The fourth-order valence-electron chi connectivity index (χ4n) is 2.59. The zero-order valence-corrected chi connectivity index (χ0v) is 16.8. The largest absolute Gasteiger partial charge is 0.350 e. The molecule has 2 amide bonds. The van der Waals surface area contributed by atoms with Gasteiger partial charge in [-0.2, -0.15) is 0 Å². The van der Waals surface area contributed by atoms with Crippen LogP contribution in [0, 0.1) is 13.8 Å². The van der Waals surface area contributed by atoms with Crippen LogP contribution < -0.4 is 10.6 Å². The van der Waals surface area contributed by atoms with E-state index in [4.69, 9.17) is 11.6 Å². The van der Waals surface area contributed by atoms with Crippen molar-refractivity contribution in [3.05, 3.63) is 50.7 Å². The van der Waals surface area contributed by atoms with Gasteiger partial charge in [0.2, 0.25) is 11.8 Å². The Morgan fingerprint density at radius 2 is 1.92 bits per heavy atom. The maximum absolute atomic E-state index is 12.4. The molecule has 0 fully saturated rings. The van der Waals surface area contributed by atoms with Crippen molar-refractivity contribution in [1.82, 2.24) is 10.2 Å². The third kappa shape index (κ3) is 6.12. The summed E-state index contributed by atoms with van der Waals surface area (Å²) in [5.41, 5.74) is 2.59. The van der Waals surface area contributed by atoms with Gasteiger partial charge in [-0.3, -0.25) is 14.5 Å². The molecule has 1 aromatic carbocycles. The van der Waals surface area contributed by atoms with Crippen LogP contribution in [0.1, 0.15) is 22.9 Å². The van der Waals surface area contributed by atoms with Crippen LogP contribution in [-0.2, 0) is 16.1 Å². The van der Waals surface area contributed by atoms with Gasteiger partial charge >= 0.3 is 0 Å². The normalized spacial score (nSPS) is 10.8. The van der Waals surface area contributed by atoms with E-state index in [0.717, 1.165) is 16.0 Å². The quantitative estimate of drug-likeness (QED) is 0.720. The van der Waals surface area contributed by atoms with Crippen LogP contribution in [-0.4, -0.2) is 36.3 Å². The lowest BCUT2D eigenvalue weighted by atomic mass is 10.1. The first-order valence-electron chi connectivity index (χ1n) is 8.47. The maximum Gasteiger partial charge on any atom is 0.238 e. The highest BCUT2D eigenvalue weighted by molar-refractivity contribution is 7.09. The van der Waals surface area contributed by atoms with E-state index in [-0.39, 0.29) is 24.9 Å². The Bertz CT molecular complexity index is 739. The van der Waals surface area contributed by atoms with E-state index in [2.05, 4.69) is 10.6 Å². The van der Waals surface area contributed by atoms with Crippen LogP contribution in [0.5, 0.6) is 0 Å². The van der Waals surface area contributed by atoms with Gasteiger partial charge in [0.05, 0.1) is 30.3 Å². The van der Waals surface area contributed by atoms with Gasteiger partial charge in [-0.15, -0.1) is 11.3 Å². The predicted octanol–water partition coefficient (Wildman–Crippen LogP) is 3.60. The lowest BCUT2D eigenvalue weighted by molar-refractivity contribution is -0.123.